The van der Waals surface area contributed by atoms with E-state index in [4.69, 9.17) is 4.18 Å². The van der Waals surface area contributed by atoms with Crippen LogP contribution in [0.4, 0.5) is 0 Å². The van der Waals surface area contributed by atoms with Crippen LogP contribution in [0.1, 0.15) is 39.5 Å². The van der Waals surface area contributed by atoms with Gasteiger partial charge in [0.25, 0.3) is 10.1 Å². The number of nitrogens with zero attached hydrogens (tertiary/aromatic N) is 2. The molecule has 0 aliphatic carbocycles. The Morgan fingerprint density at radius 3 is 2.68 bits per heavy atom. The number of rotatable bonds is 10. The Morgan fingerprint density at radius 2 is 2.11 bits per heavy atom. The van der Waals surface area contributed by atoms with Crippen molar-refractivity contribution in [1.82, 2.24) is 9.55 Å². The van der Waals surface area contributed by atoms with Crippen LogP contribution in [0.25, 0.3) is 0 Å². The van der Waals surface area contributed by atoms with Gasteiger partial charge in [0, 0.05) is 18.9 Å². The first kappa shape index (κ1) is 16.2. The molecule has 0 radical (unpaired) electrons. The van der Waals surface area contributed by atoms with Crippen molar-refractivity contribution in [2.45, 2.75) is 46.1 Å². The third-order valence-corrected chi connectivity index (χ3v) is 4.46. The van der Waals surface area contributed by atoms with Crippen molar-refractivity contribution < 1.29 is 12.6 Å². The molecular formula is C13H24N2O3S. The van der Waals surface area contributed by atoms with E-state index >= 15 is 0 Å². The minimum atomic E-state index is -3.41. The second-order valence-corrected chi connectivity index (χ2v) is 6.47. The van der Waals surface area contributed by atoms with Gasteiger partial charge >= 0.3 is 0 Å². The van der Waals surface area contributed by atoms with Crippen molar-refractivity contribution >= 4 is 10.1 Å². The molecule has 0 saturated carbocycles. The summed E-state index contributed by atoms with van der Waals surface area (Å²) in [7, 11) is -3.41. The van der Waals surface area contributed by atoms with Crippen LogP contribution in [-0.2, 0) is 20.8 Å². The normalized spacial score (nSPS) is 13.6. The van der Waals surface area contributed by atoms with Gasteiger partial charge in [0.2, 0.25) is 0 Å². The molecule has 19 heavy (non-hydrogen) atoms. The largest absolute Gasteiger partial charge is 0.337 e. The molecule has 0 saturated heterocycles. The number of unbranched alkanes of at least 4 members (excludes halogenated alkanes) is 2. The molecule has 0 bridgehead atoms. The van der Waals surface area contributed by atoms with Crippen LogP contribution in [0.3, 0.4) is 0 Å². The Labute approximate surface area is 116 Å². The zero-order valence-corrected chi connectivity index (χ0v) is 12.6. The van der Waals surface area contributed by atoms with Gasteiger partial charge in [-0.15, -0.1) is 0 Å². The first-order valence-electron chi connectivity index (χ1n) is 6.90. The van der Waals surface area contributed by atoms with E-state index in [0.29, 0.717) is 13.2 Å². The molecule has 0 aliphatic rings. The van der Waals surface area contributed by atoms with Gasteiger partial charge in [-0.3, -0.25) is 4.18 Å². The molecule has 1 atom stereocenters. The Kier molecular flexibility index (Phi) is 7.09. The van der Waals surface area contributed by atoms with Crippen LogP contribution < -0.4 is 0 Å². The maximum atomic E-state index is 11.8. The highest BCUT2D eigenvalue weighted by Gasteiger charge is 2.19. The van der Waals surface area contributed by atoms with Crippen molar-refractivity contribution in [1.29, 1.82) is 0 Å². The van der Waals surface area contributed by atoms with E-state index in [9.17, 15) is 8.42 Å². The van der Waals surface area contributed by atoms with E-state index in [1.807, 2.05) is 17.7 Å². The summed E-state index contributed by atoms with van der Waals surface area (Å²) >= 11 is 0. The van der Waals surface area contributed by atoms with Gasteiger partial charge in [-0.2, -0.15) is 8.42 Å². The highest BCUT2D eigenvalue weighted by Crippen LogP contribution is 2.12. The molecule has 1 heterocycles. The highest BCUT2D eigenvalue weighted by atomic mass is 32.2. The summed E-state index contributed by atoms with van der Waals surface area (Å²) in [6, 6.07) is 0. The van der Waals surface area contributed by atoms with Gasteiger partial charge in [0.05, 0.1) is 18.7 Å². The van der Waals surface area contributed by atoms with Crippen LogP contribution >= 0.6 is 0 Å². The molecule has 5 nitrogen and oxygen atoms in total. The molecule has 0 aromatic carbocycles. The zero-order valence-electron chi connectivity index (χ0n) is 11.8. The fourth-order valence-corrected chi connectivity index (χ4v) is 3.25. The quantitative estimate of drug-likeness (QED) is 0.490. The van der Waals surface area contributed by atoms with Crippen molar-refractivity contribution in [2.75, 3.05) is 12.4 Å². The average molecular weight is 288 g/mol. The van der Waals surface area contributed by atoms with Gasteiger partial charge in [0.15, 0.2) is 0 Å². The fourth-order valence-electron chi connectivity index (χ4n) is 1.87. The lowest BCUT2D eigenvalue weighted by Gasteiger charge is -2.15. The minimum absolute atomic E-state index is 0.0605. The monoisotopic (exact) mass is 288 g/mol. The average Bonchev–Trinajstić information content (AvgIpc) is 2.86. The van der Waals surface area contributed by atoms with E-state index in [1.165, 1.54) is 0 Å². The summed E-state index contributed by atoms with van der Waals surface area (Å²) in [6.07, 6.45) is 8.91. The summed E-state index contributed by atoms with van der Waals surface area (Å²) in [5, 5.41) is 0. The molecule has 110 valence electrons. The van der Waals surface area contributed by atoms with E-state index in [2.05, 4.69) is 11.9 Å². The predicted octanol–water partition coefficient (Wildman–Crippen LogP) is 2.45. The van der Waals surface area contributed by atoms with Crippen LogP contribution in [0.15, 0.2) is 18.7 Å². The van der Waals surface area contributed by atoms with Crippen LogP contribution in [-0.4, -0.2) is 30.3 Å². The smallest absolute Gasteiger partial charge is 0.267 e. The fraction of sp³-hybridized carbons (Fsp3) is 0.769. The first-order valence-corrected chi connectivity index (χ1v) is 8.48. The topological polar surface area (TPSA) is 61.2 Å². The van der Waals surface area contributed by atoms with E-state index in [1.54, 1.807) is 12.5 Å². The third kappa shape index (κ3) is 6.73. The Balaban J connectivity index is 2.40. The Bertz CT molecular complexity index is 429. The highest BCUT2D eigenvalue weighted by molar-refractivity contribution is 7.86. The number of imidazole rings is 1. The molecular weight excluding hydrogens is 264 g/mol. The van der Waals surface area contributed by atoms with Crippen LogP contribution in [0, 0.1) is 5.92 Å². The standard InChI is InChI=1S/C13H24N2O3S/c1-3-5-6-9-18-19(16,17)11-13(4-2)10-15-8-7-14-12-15/h7-8,12-13H,3-6,9-11H2,1-2H3. The van der Waals surface area contributed by atoms with E-state index in [-0.39, 0.29) is 11.7 Å². The second-order valence-electron chi connectivity index (χ2n) is 4.79. The lowest BCUT2D eigenvalue weighted by Crippen LogP contribution is -2.22. The molecule has 0 N–H and O–H groups in total. The van der Waals surface area contributed by atoms with Crippen LogP contribution in [0.5, 0.6) is 0 Å². The lowest BCUT2D eigenvalue weighted by atomic mass is 10.1. The van der Waals surface area contributed by atoms with Gasteiger partial charge in [0.1, 0.15) is 0 Å². The Morgan fingerprint density at radius 1 is 1.32 bits per heavy atom. The van der Waals surface area contributed by atoms with Crippen molar-refractivity contribution in [3.8, 4) is 0 Å². The van der Waals surface area contributed by atoms with Gasteiger partial charge < -0.3 is 4.57 Å². The van der Waals surface area contributed by atoms with Crippen molar-refractivity contribution in [3.05, 3.63) is 18.7 Å². The summed E-state index contributed by atoms with van der Waals surface area (Å²) in [4.78, 5) is 3.96. The number of aromatic nitrogens is 2. The molecule has 1 unspecified atom stereocenters. The van der Waals surface area contributed by atoms with Crippen molar-refractivity contribution in [3.63, 3.8) is 0 Å². The van der Waals surface area contributed by atoms with E-state index in [0.717, 1.165) is 25.7 Å². The van der Waals surface area contributed by atoms with Crippen LogP contribution in [0.2, 0.25) is 0 Å². The zero-order chi connectivity index (χ0) is 14.1. The maximum Gasteiger partial charge on any atom is 0.267 e. The minimum Gasteiger partial charge on any atom is -0.337 e. The number of hydrogen-bond acceptors (Lipinski definition) is 4. The summed E-state index contributed by atoms with van der Waals surface area (Å²) in [5.41, 5.74) is 0. The first-order chi connectivity index (χ1) is 9.07. The summed E-state index contributed by atoms with van der Waals surface area (Å²) in [5.74, 6) is 0.138. The molecule has 0 amide bonds. The molecule has 0 aliphatic heterocycles. The molecule has 1 aromatic rings. The van der Waals surface area contributed by atoms with Gasteiger partial charge in [-0.1, -0.05) is 33.1 Å². The molecule has 1 rings (SSSR count). The summed E-state index contributed by atoms with van der Waals surface area (Å²) in [6.45, 7) is 5.03. The van der Waals surface area contributed by atoms with Gasteiger partial charge in [-0.05, 0) is 12.3 Å². The predicted molar refractivity (Wildman–Crippen MR) is 75.3 cm³/mol. The second kappa shape index (κ2) is 8.32. The van der Waals surface area contributed by atoms with Crippen molar-refractivity contribution in [2.24, 2.45) is 5.92 Å². The van der Waals surface area contributed by atoms with Gasteiger partial charge in [-0.25, -0.2) is 4.98 Å². The molecule has 0 fully saturated rings. The number of hydrogen-bond donors (Lipinski definition) is 0. The summed E-state index contributed by atoms with van der Waals surface area (Å²) < 4.78 is 30.6. The molecule has 6 heteroatoms. The lowest BCUT2D eigenvalue weighted by molar-refractivity contribution is 0.301. The SMILES string of the molecule is CCCCCOS(=O)(=O)CC(CC)Cn1ccnc1. The molecule has 0 spiro atoms. The Hall–Kier alpha value is -0.880. The maximum absolute atomic E-state index is 11.8. The third-order valence-electron chi connectivity index (χ3n) is 3.06. The molecule has 1 aromatic heterocycles. The van der Waals surface area contributed by atoms with E-state index < -0.39 is 10.1 Å².